The summed E-state index contributed by atoms with van der Waals surface area (Å²) in [5.74, 6) is -0.462. The van der Waals surface area contributed by atoms with Crippen molar-refractivity contribution in [3.05, 3.63) is 47.0 Å². The first kappa shape index (κ1) is 15.8. The maximum Gasteiger partial charge on any atom is 0.276 e. The predicted octanol–water partition coefficient (Wildman–Crippen LogP) is 2.36. The van der Waals surface area contributed by atoms with Gasteiger partial charge in [-0.05, 0) is 25.1 Å². The predicted molar refractivity (Wildman–Crippen MR) is 86.2 cm³/mol. The highest BCUT2D eigenvalue weighted by atomic mass is 35.5. The van der Waals surface area contributed by atoms with Gasteiger partial charge < -0.3 is 9.80 Å². The molecule has 1 saturated heterocycles. The Bertz CT molecular complexity index is 733. The monoisotopic (exact) mass is 335 g/mol. The molecule has 0 spiro atoms. The van der Waals surface area contributed by atoms with E-state index in [1.54, 1.807) is 24.2 Å². The quantitative estimate of drug-likeness (QED) is 0.846. The summed E-state index contributed by atoms with van der Waals surface area (Å²) in [6.07, 6.45) is 1.61. The minimum absolute atomic E-state index is 0.0361. The Kier molecular flexibility index (Phi) is 4.26. The maximum absolute atomic E-state index is 13.4. The number of benzene rings is 1. The molecule has 2 heterocycles. The second kappa shape index (κ2) is 6.20. The van der Waals surface area contributed by atoms with Crippen molar-refractivity contribution in [2.45, 2.75) is 13.0 Å². The van der Waals surface area contributed by atoms with Crippen molar-refractivity contribution in [1.29, 1.82) is 0 Å². The molecule has 1 unspecified atom stereocenters. The number of aryl methyl sites for hydroxylation is 1. The van der Waals surface area contributed by atoms with E-state index in [0.29, 0.717) is 30.3 Å². The Hall–Kier alpha value is -2.08. The second-order valence-corrected chi connectivity index (χ2v) is 6.09. The average molecular weight is 336 g/mol. The van der Waals surface area contributed by atoms with E-state index in [4.69, 9.17) is 11.6 Å². The lowest BCUT2D eigenvalue weighted by Gasteiger charge is -2.40. The van der Waals surface area contributed by atoms with Gasteiger partial charge in [0.05, 0.1) is 5.02 Å². The first-order valence-corrected chi connectivity index (χ1v) is 7.76. The summed E-state index contributed by atoms with van der Waals surface area (Å²) in [5, 5.41) is 4.49. The van der Waals surface area contributed by atoms with Gasteiger partial charge in [-0.1, -0.05) is 11.6 Å². The van der Waals surface area contributed by atoms with Crippen molar-refractivity contribution in [2.24, 2.45) is 7.05 Å². The van der Waals surface area contributed by atoms with Crippen LogP contribution in [0.3, 0.4) is 0 Å². The summed E-state index contributed by atoms with van der Waals surface area (Å²) >= 11 is 6.06. The number of carbonyl (C=O) groups is 1. The average Bonchev–Trinajstić information content (AvgIpc) is 2.85. The molecule has 1 amide bonds. The highest BCUT2D eigenvalue weighted by molar-refractivity contribution is 6.33. The minimum atomic E-state index is -0.287. The van der Waals surface area contributed by atoms with Crippen molar-refractivity contribution in [1.82, 2.24) is 14.7 Å². The topological polar surface area (TPSA) is 41.4 Å². The molecule has 0 saturated carbocycles. The van der Waals surface area contributed by atoms with Gasteiger partial charge in [0.2, 0.25) is 0 Å². The van der Waals surface area contributed by atoms with Gasteiger partial charge in [-0.15, -0.1) is 0 Å². The lowest BCUT2D eigenvalue weighted by atomic mass is 10.1. The highest BCUT2D eigenvalue weighted by Gasteiger charge is 2.30. The molecular weight excluding hydrogens is 319 g/mol. The Morgan fingerprint density at radius 2 is 2.26 bits per heavy atom. The van der Waals surface area contributed by atoms with Crippen LogP contribution in [0.5, 0.6) is 0 Å². The zero-order valence-corrected chi connectivity index (χ0v) is 13.7. The van der Waals surface area contributed by atoms with Gasteiger partial charge in [0.15, 0.2) is 5.69 Å². The number of anilines is 1. The van der Waals surface area contributed by atoms with E-state index in [2.05, 4.69) is 11.2 Å². The second-order valence-electron chi connectivity index (χ2n) is 5.69. The van der Waals surface area contributed by atoms with Crippen molar-refractivity contribution < 1.29 is 9.18 Å². The minimum Gasteiger partial charge on any atom is -0.367 e. The van der Waals surface area contributed by atoms with Crippen LogP contribution in [0.1, 0.15) is 17.4 Å². The molecule has 5 nitrogen and oxygen atoms in total. The highest BCUT2D eigenvalue weighted by Crippen LogP contribution is 2.22. The van der Waals surface area contributed by atoms with Gasteiger partial charge in [0.1, 0.15) is 5.82 Å². The van der Waals surface area contributed by atoms with Gasteiger partial charge in [0.25, 0.3) is 5.91 Å². The van der Waals surface area contributed by atoms with Crippen molar-refractivity contribution in [2.75, 3.05) is 24.5 Å². The van der Waals surface area contributed by atoms with Crippen LogP contribution in [0.2, 0.25) is 5.02 Å². The molecule has 0 bridgehead atoms. The van der Waals surface area contributed by atoms with E-state index in [1.807, 2.05) is 11.8 Å². The summed E-state index contributed by atoms with van der Waals surface area (Å²) in [6, 6.07) is 7.40. The summed E-state index contributed by atoms with van der Waals surface area (Å²) in [5.41, 5.74) is 0.978. The van der Waals surface area contributed by atoms with E-state index >= 15 is 0 Å². The van der Waals surface area contributed by atoms with Crippen LogP contribution in [-0.4, -0.2) is 46.3 Å². The van der Waals surface area contributed by atoms with Crippen molar-refractivity contribution in [3.63, 3.8) is 0 Å². The molecule has 0 N–H and O–H groups in total. The molecule has 121 valence electrons. The Morgan fingerprint density at radius 3 is 2.87 bits per heavy atom. The fraction of sp³-hybridized carbons (Fsp3) is 0.375. The third-order valence-corrected chi connectivity index (χ3v) is 4.24. The number of nitrogens with zero attached hydrogens (tertiary/aromatic N) is 4. The largest absolute Gasteiger partial charge is 0.367 e. The zero-order valence-electron chi connectivity index (χ0n) is 13.0. The summed E-state index contributed by atoms with van der Waals surface area (Å²) in [7, 11) is 1.73. The maximum atomic E-state index is 13.4. The van der Waals surface area contributed by atoms with E-state index in [9.17, 15) is 9.18 Å². The van der Waals surface area contributed by atoms with E-state index in [1.165, 1.54) is 16.8 Å². The van der Waals surface area contributed by atoms with Crippen LogP contribution in [0, 0.1) is 11.9 Å². The molecule has 1 aliphatic rings. The number of halogens is 2. The molecule has 1 aliphatic heterocycles. The van der Waals surface area contributed by atoms with Gasteiger partial charge >= 0.3 is 0 Å². The van der Waals surface area contributed by atoms with Crippen LogP contribution in [0.4, 0.5) is 10.1 Å². The molecule has 0 aliphatic carbocycles. The van der Waals surface area contributed by atoms with E-state index < -0.39 is 0 Å². The SMILES string of the molecule is CC1CN(c2[c]ccc(F)c2)CCN1C(=O)c1nn(C)cc1Cl. The molecule has 1 aromatic carbocycles. The van der Waals surface area contributed by atoms with Crippen LogP contribution < -0.4 is 4.90 Å². The first-order valence-electron chi connectivity index (χ1n) is 7.38. The van der Waals surface area contributed by atoms with Gasteiger partial charge in [-0.25, -0.2) is 4.39 Å². The van der Waals surface area contributed by atoms with Crippen LogP contribution in [-0.2, 0) is 7.05 Å². The summed E-state index contributed by atoms with van der Waals surface area (Å²) in [4.78, 5) is 16.4. The van der Waals surface area contributed by atoms with E-state index in [0.717, 1.165) is 0 Å². The number of hydrogen-bond donors (Lipinski definition) is 0. The molecular formula is C16H17ClFN4O. The third kappa shape index (κ3) is 3.17. The normalized spacial score (nSPS) is 18.3. The molecule has 1 aromatic heterocycles. The third-order valence-electron chi connectivity index (χ3n) is 3.96. The Morgan fingerprint density at radius 1 is 1.48 bits per heavy atom. The van der Waals surface area contributed by atoms with Gasteiger partial charge in [-0.2, -0.15) is 5.10 Å². The molecule has 1 fully saturated rings. The fourth-order valence-electron chi connectivity index (χ4n) is 2.83. The smallest absolute Gasteiger partial charge is 0.276 e. The van der Waals surface area contributed by atoms with Crippen LogP contribution in [0.15, 0.2) is 24.4 Å². The number of carbonyl (C=O) groups excluding carboxylic acids is 1. The summed E-state index contributed by atoms with van der Waals surface area (Å²) < 4.78 is 14.9. The van der Waals surface area contributed by atoms with Crippen LogP contribution >= 0.6 is 11.6 Å². The zero-order chi connectivity index (χ0) is 16.6. The first-order chi connectivity index (χ1) is 11.0. The Labute approximate surface area is 139 Å². The summed E-state index contributed by atoms with van der Waals surface area (Å²) in [6.45, 7) is 3.70. The Balaban J connectivity index is 1.74. The van der Waals surface area contributed by atoms with Gasteiger partial charge in [0, 0.05) is 50.7 Å². The molecule has 23 heavy (non-hydrogen) atoms. The molecule has 1 atom stereocenters. The lowest BCUT2D eigenvalue weighted by Crippen LogP contribution is -2.54. The van der Waals surface area contributed by atoms with Crippen molar-refractivity contribution in [3.8, 4) is 0 Å². The number of piperazine rings is 1. The number of hydrogen-bond acceptors (Lipinski definition) is 3. The standard InChI is InChI=1S/C16H17ClFN4O/c1-11-9-21(13-5-3-4-12(18)8-13)6-7-22(11)16(23)15-14(17)10-20(2)19-15/h3-4,8,10-11H,6-7,9H2,1-2H3. The molecule has 7 heteroatoms. The lowest BCUT2D eigenvalue weighted by molar-refractivity contribution is 0.0667. The fourth-order valence-corrected chi connectivity index (χ4v) is 3.09. The number of aromatic nitrogens is 2. The molecule has 2 aromatic rings. The van der Waals surface area contributed by atoms with Gasteiger partial charge in [-0.3, -0.25) is 9.48 Å². The van der Waals surface area contributed by atoms with Crippen LogP contribution in [0.25, 0.3) is 0 Å². The molecule has 1 radical (unpaired) electrons. The van der Waals surface area contributed by atoms with Crippen molar-refractivity contribution >= 4 is 23.2 Å². The van der Waals surface area contributed by atoms with E-state index in [-0.39, 0.29) is 23.5 Å². The number of rotatable bonds is 2. The molecule has 3 rings (SSSR count). The number of amides is 1.